The molecule has 0 amide bonds. The van der Waals surface area contributed by atoms with Crippen molar-refractivity contribution in [1.29, 1.82) is 0 Å². The summed E-state index contributed by atoms with van der Waals surface area (Å²) in [5, 5.41) is 3.42. The highest BCUT2D eigenvalue weighted by Crippen LogP contribution is 2.16. The molecule has 0 aliphatic carbocycles. The van der Waals surface area contributed by atoms with Gasteiger partial charge in [-0.15, -0.1) is 0 Å². The zero-order valence-electron chi connectivity index (χ0n) is 9.37. The molecule has 0 aliphatic rings. The molecule has 0 spiro atoms. The number of nitrogens with zero attached hydrogens (tertiary/aromatic N) is 1. The van der Waals surface area contributed by atoms with Crippen LogP contribution in [0.2, 0.25) is 5.02 Å². The third kappa shape index (κ3) is 3.05. The Balaban J connectivity index is 1.96. The lowest BCUT2D eigenvalue weighted by Gasteiger charge is -2.11. The summed E-state index contributed by atoms with van der Waals surface area (Å²) in [5.74, 6) is 0.479. The molecular formula is C12H13ClFN3. The fourth-order valence-electron chi connectivity index (χ4n) is 1.53. The molecule has 0 fully saturated rings. The van der Waals surface area contributed by atoms with Crippen molar-refractivity contribution < 1.29 is 4.39 Å². The van der Waals surface area contributed by atoms with Gasteiger partial charge in [0.05, 0.1) is 11.1 Å². The predicted octanol–water partition coefficient (Wildman–Crippen LogP) is 3.05. The van der Waals surface area contributed by atoms with Crippen LogP contribution in [-0.4, -0.2) is 9.97 Å². The van der Waals surface area contributed by atoms with Gasteiger partial charge in [-0.3, -0.25) is 0 Å². The fourth-order valence-corrected chi connectivity index (χ4v) is 1.73. The molecule has 2 rings (SSSR count). The van der Waals surface area contributed by atoms with E-state index < -0.39 is 5.82 Å². The second kappa shape index (κ2) is 5.29. The van der Waals surface area contributed by atoms with E-state index in [4.69, 9.17) is 11.6 Å². The maximum Gasteiger partial charge on any atom is 0.141 e. The van der Waals surface area contributed by atoms with Gasteiger partial charge >= 0.3 is 0 Å². The van der Waals surface area contributed by atoms with Gasteiger partial charge in [-0.1, -0.05) is 17.7 Å². The molecule has 90 valence electrons. The lowest BCUT2D eigenvalue weighted by Crippen LogP contribution is -2.19. The number of rotatable bonds is 4. The Morgan fingerprint density at radius 3 is 3.00 bits per heavy atom. The van der Waals surface area contributed by atoms with E-state index in [-0.39, 0.29) is 11.1 Å². The molecular weight excluding hydrogens is 241 g/mol. The van der Waals surface area contributed by atoms with Crippen molar-refractivity contribution in [3.63, 3.8) is 0 Å². The fraction of sp³-hybridized carbons (Fsp3) is 0.250. The molecule has 5 heteroatoms. The van der Waals surface area contributed by atoms with Crippen LogP contribution in [0.1, 0.15) is 24.4 Å². The molecule has 0 aliphatic heterocycles. The quantitative estimate of drug-likeness (QED) is 0.879. The van der Waals surface area contributed by atoms with E-state index in [2.05, 4.69) is 15.3 Å². The van der Waals surface area contributed by atoms with Gasteiger partial charge in [0.1, 0.15) is 11.6 Å². The minimum absolute atomic E-state index is 0.105. The Labute approximate surface area is 104 Å². The number of hydrogen-bond acceptors (Lipinski definition) is 2. The van der Waals surface area contributed by atoms with Gasteiger partial charge in [-0.2, -0.15) is 0 Å². The van der Waals surface area contributed by atoms with E-state index in [1.54, 1.807) is 24.5 Å². The minimum Gasteiger partial charge on any atom is -0.347 e. The van der Waals surface area contributed by atoms with Crippen LogP contribution in [0.4, 0.5) is 4.39 Å². The first-order valence-electron chi connectivity index (χ1n) is 5.33. The van der Waals surface area contributed by atoms with Crippen LogP contribution < -0.4 is 5.32 Å². The van der Waals surface area contributed by atoms with E-state index in [1.807, 2.05) is 6.92 Å². The van der Waals surface area contributed by atoms with Crippen LogP contribution in [0.25, 0.3) is 0 Å². The van der Waals surface area contributed by atoms with Gasteiger partial charge in [-0.05, 0) is 24.6 Å². The lowest BCUT2D eigenvalue weighted by atomic mass is 10.2. The lowest BCUT2D eigenvalue weighted by molar-refractivity contribution is 0.550. The van der Waals surface area contributed by atoms with Crippen LogP contribution in [0.5, 0.6) is 0 Å². The molecule has 2 aromatic rings. The van der Waals surface area contributed by atoms with Gasteiger partial charge in [0, 0.05) is 18.9 Å². The molecule has 1 heterocycles. The Hall–Kier alpha value is -1.39. The van der Waals surface area contributed by atoms with E-state index in [0.717, 1.165) is 11.4 Å². The summed E-state index contributed by atoms with van der Waals surface area (Å²) in [6.45, 7) is 2.62. The Kier molecular flexibility index (Phi) is 3.76. The average molecular weight is 254 g/mol. The second-order valence-electron chi connectivity index (χ2n) is 3.83. The highest BCUT2D eigenvalue weighted by Gasteiger charge is 2.07. The zero-order chi connectivity index (χ0) is 12.3. The minimum atomic E-state index is -0.394. The van der Waals surface area contributed by atoms with Gasteiger partial charge < -0.3 is 10.3 Å². The molecule has 1 aromatic heterocycles. The first-order valence-corrected chi connectivity index (χ1v) is 5.71. The number of imidazole rings is 1. The van der Waals surface area contributed by atoms with E-state index in [9.17, 15) is 4.39 Å². The maximum absolute atomic E-state index is 13.0. The first kappa shape index (κ1) is 12.1. The summed E-state index contributed by atoms with van der Waals surface area (Å²) < 4.78 is 13.0. The van der Waals surface area contributed by atoms with Gasteiger partial charge in [0.25, 0.3) is 0 Å². The number of halogens is 2. The number of nitrogens with one attached hydrogen (secondary N) is 2. The third-order valence-corrected chi connectivity index (χ3v) is 2.82. The van der Waals surface area contributed by atoms with Gasteiger partial charge in [-0.25, -0.2) is 9.37 Å². The van der Waals surface area contributed by atoms with Gasteiger partial charge in [0.2, 0.25) is 0 Å². The summed E-state index contributed by atoms with van der Waals surface area (Å²) in [6.07, 6.45) is 3.49. The Morgan fingerprint density at radius 2 is 2.35 bits per heavy atom. The number of benzene rings is 1. The van der Waals surface area contributed by atoms with Crippen molar-refractivity contribution in [1.82, 2.24) is 15.3 Å². The Morgan fingerprint density at radius 1 is 1.53 bits per heavy atom. The molecule has 3 nitrogen and oxygen atoms in total. The number of aromatic amines is 1. The summed E-state index contributed by atoms with van der Waals surface area (Å²) in [7, 11) is 0. The van der Waals surface area contributed by atoms with Crippen LogP contribution in [0, 0.1) is 5.82 Å². The van der Waals surface area contributed by atoms with E-state index >= 15 is 0 Å². The topological polar surface area (TPSA) is 40.7 Å². The second-order valence-corrected chi connectivity index (χ2v) is 4.23. The molecule has 1 atom stereocenters. The molecule has 2 N–H and O–H groups in total. The highest BCUT2D eigenvalue weighted by atomic mass is 35.5. The van der Waals surface area contributed by atoms with Crippen LogP contribution in [0.15, 0.2) is 30.6 Å². The zero-order valence-corrected chi connectivity index (χ0v) is 10.1. The molecule has 0 saturated carbocycles. The van der Waals surface area contributed by atoms with Crippen molar-refractivity contribution in [2.24, 2.45) is 0 Å². The monoisotopic (exact) mass is 253 g/mol. The number of hydrogen-bond donors (Lipinski definition) is 2. The van der Waals surface area contributed by atoms with E-state index in [0.29, 0.717) is 6.54 Å². The van der Waals surface area contributed by atoms with Crippen LogP contribution in [-0.2, 0) is 6.54 Å². The Bertz CT molecular complexity index is 485. The van der Waals surface area contributed by atoms with Crippen molar-refractivity contribution in [2.75, 3.05) is 0 Å². The molecule has 1 aromatic carbocycles. The largest absolute Gasteiger partial charge is 0.347 e. The standard InChI is InChI=1S/C12H13ClFN3/c1-8(12-15-4-5-16-12)17-7-9-2-3-11(14)10(13)6-9/h2-6,8,17H,7H2,1H3,(H,15,16). The van der Waals surface area contributed by atoms with Crippen molar-refractivity contribution in [3.8, 4) is 0 Å². The smallest absolute Gasteiger partial charge is 0.141 e. The molecule has 0 saturated heterocycles. The van der Waals surface area contributed by atoms with Crippen molar-refractivity contribution in [2.45, 2.75) is 19.5 Å². The van der Waals surface area contributed by atoms with Crippen LogP contribution >= 0.6 is 11.6 Å². The highest BCUT2D eigenvalue weighted by molar-refractivity contribution is 6.30. The predicted molar refractivity (Wildman–Crippen MR) is 65.3 cm³/mol. The normalized spacial score (nSPS) is 12.6. The molecule has 0 radical (unpaired) electrons. The third-order valence-electron chi connectivity index (χ3n) is 2.53. The first-order chi connectivity index (χ1) is 8.16. The van der Waals surface area contributed by atoms with Crippen LogP contribution in [0.3, 0.4) is 0 Å². The van der Waals surface area contributed by atoms with Crippen molar-refractivity contribution in [3.05, 3.63) is 52.8 Å². The molecule has 17 heavy (non-hydrogen) atoms. The molecule has 0 bridgehead atoms. The number of aromatic nitrogens is 2. The molecule has 1 unspecified atom stereocenters. The summed E-state index contributed by atoms with van der Waals surface area (Å²) in [6, 6.07) is 4.81. The summed E-state index contributed by atoms with van der Waals surface area (Å²) in [4.78, 5) is 7.19. The van der Waals surface area contributed by atoms with Crippen molar-refractivity contribution >= 4 is 11.6 Å². The summed E-state index contributed by atoms with van der Waals surface area (Å²) in [5.41, 5.74) is 0.940. The number of H-pyrrole nitrogens is 1. The maximum atomic E-state index is 13.0. The van der Waals surface area contributed by atoms with E-state index in [1.165, 1.54) is 6.07 Å². The average Bonchev–Trinajstić information content (AvgIpc) is 2.84. The SMILES string of the molecule is CC(NCc1ccc(F)c(Cl)c1)c1ncc[nH]1. The summed E-state index contributed by atoms with van der Waals surface area (Å²) >= 11 is 5.71. The van der Waals surface area contributed by atoms with Gasteiger partial charge in [0.15, 0.2) is 0 Å².